The fourth-order valence-corrected chi connectivity index (χ4v) is 2.16. The molecule has 1 aliphatic rings. The summed E-state index contributed by atoms with van der Waals surface area (Å²) in [6.07, 6.45) is 3.54. The van der Waals surface area contributed by atoms with Gasteiger partial charge in [-0.1, -0.05) is 18.6 Å². The van der Waals surface area contributed by atoms with Crippen LogP contribution in [0.1, 0.15) is 47.1 Å². The number of hydrogen-bond donors (Lipinski definition) is 1. The Kier molecular flexibility index (Phi) is 3.05. The van der Waals surface area contributed by atoms with Gasteiger partial charge < -0.3 is 9.72 Å². The Morgan fingerprint density at radius 3 is 2.69 bits per heavy atom. The van der Waals surface area contributed by atoms with E-state index >= 15 is 0 Å². The first-order chi connectivity index (χ1) is 7.63. The minimum atomic E-state index is -0.425. The van der Waals surface area contributed by atoms with E-state index in [-0.39, 0.29) is 0 Å². The molecule has 2 rings (SSSR count). The molecule has 4 nitrogen and oxygen atoms in total. The van der Waals surface area contributed by atoms with Gasteiger partial charge in [0.2, 0.25) is 0 Å². The second-order valence-electron chi connectivity index (χ2n) is 4.05. The normalized spacial score (nSPS) is 15.6. The molecule has 1 saturated carbocycles. The lowest BCUT2D eigenvalue weighted by atomic mass is 9.85. The van der Waals surface area contributed by atoms with Crippen molar-refractivity contribution in [3.8, 4) is 0 Å². The van der Waals surface area contributed by atoms with Crippen LogP contribution in [-0.4, -0.2) is 23.0 Å². The average molecular weight is 238 g/mol. The van der Waals surface area contributed by atoms with Gasteiger partial charge in [-0.3, -0.25) is 0 Å². The van der Waals surface area contributed by atoms with Crippen LogP contribution in [-0.2, 0) is 4.74 Å². The standard InChI is InChI=1S/C11H14N2O2S/c1-6-8(11(14)15-2)10(16)13-9(12-6)7-4-3-5-7/h7H,3-5H2,1-2H3,(H,12,13,16). The highest BCUT2D eigenvalue weighted by Crippen LogP contribution is 2.34. The predicted octanol–water partition coefficient (Wildman–Crippen LogP) is 2.50. The predicted molar refractivity (Wildman–Crippen MR) is 62.1 cm³/mol. The summed E-state index contributed by atoms with van der Waals surface area (Å²) in [6.45, 7) is 1.83. The van der Waals surface area contributed by atoms with Crippen LogP contribution < -0.4 is 0 Å². The number of nitrogens with zero attached hydrogens (tertiary/aromatic N) is 1. The van der Waals surface area contributed by atoms with E-state index in [1.54, 1.807) is 0 Å². The number of hydrogen-bond acceptors (Lipinski definition) is 4. The van der Waals surface area contributed by atoms with Crippen LogP contribution in [0.2, 0.25) is 0 Å². The van der Waals surface area contributed by atoms with Crippen LogP contribution in [0.3, 0.4) is 0 Å². The van der Waals surface area contributed by atoms with E-state index in [0.717, 1.165) is 24.4 Å². The number of ether oxygens (including phenoxy) is 1. The van der Waals surface area contributed by atoms with E-state index < -0.39 is 5.97 Å². The number of aromatic amines is 1. The van der Waals surface area contributed by atoms with Crippen molar-refractivity contribution >= 4 is 18.2 Å². The molecular weight excluding hydrogens is 224 g/mol. The molecule has 0 amide bonds. The molecule has 16 heavy (non-hydrogen) atoms. The Hall–Kier alpha value is -1.23. The quantitative estimate of drug-likeness (QED) is 0.635. The molecule has 86 valence electrons. The summed E-state index contributed by atoms with van der Waals surface area (Å²) in [7, 11) is 1.34. The highest BCUT2D eigenvalue weighted by atomic mass is 32.1. The van der Waals surface area contributed by atoms with Gasteiger partial charge in [-0.15, -0.1) is 0 Å². The van der Waals surface area contributed by atoms with Gasteiger partial charge in [0, 0.05) is 11.6 Å². The maximum Gasteiger partial charge on any atom is 0.342 e. The number of H-pyrrole nitrogens is 1. The third-order valence-electron chi connectivity index (χ3n) is 3.01. The summed E-state index contributed by atoms with van der Waals surface area (Å²) in [4.78, 5) is 18.9. The molecule has 0 aliphatic heterocycles. The molecule has 1 aromatic rings. The fraction of sp³-hybridized carbons (Fsp3) is 0.545. The van der Waals surface area contributed by atoms with Gasteiger partial charge in [0.25, 0.3) is 0 Å². The molecule has 0 bridgehead atoms. The van der Waals surface area contributed by atoms with E-state index in [1.165, 1.54) is 13.5 Å². The van der Waals surface area contributed by atoms with Crippen molar-refractivity contribution in [2.45, 2.75) is 32.1 Å². The maximum absolute atomic E-state index is 11.5. The van der Waals surface area contributed by atoms with Crippen LogP contribution in [0, 0.1) is 11.6 Å². The van der Waals surface area contributed by atoms with E-state index in [0.29, 0.717) is 16.1 Å². The Morgan fingerprint density at radius 2 is 2.25 bits per heavy atom. The minimum Gasteiger partial charge on any atom is -0.465 e. The number of nitrogens with one attached hydrogen (secondary N) is 1. The number of methoxy groups -OCH3 is 1. The van der Waals surface area contributed by atoms with Crippen molar-refractivity contribution < 1.29 is 9.53 Å². The Morgan fingerprint density at radius 1 is 1.56 bits per heavy atom. The fourth-order valence-electron chi connectivity index (χ4n) is 1.83. The van der Waals surface area contributed by atoms with Crippen molar-refractivity contribution in [3.63, 3.8) is 0 Å². The minimum absolute atomic E-state index is 0.338. The zero-order valence-corrected chi connectivity index (χ0v) is 10.2. The smallest absolute Gasteiger partial charge is 0.342 e. The van der Waals surface area contributed by atoms with Crippen LogP contribution in [0.25, 0.3) is 0 Å². The zero-order chi connectivity index (χ0) is 11.7. The number of carbonyl (C=O) groups excluding carboxylic acids is 1. The van der Waals surface area contributed by atoms with Gasteiger partial charge >= 0.3 is 5.97 Å². The SMILES string of the molecule is COC(=O)c1c(C)[nH]c(C2CCC2)nc1=S. The van der Waals surface area contributed by atoms with E-state index in [1.807, 2.05) is 6.92 Å². The molecule has 0 aromatic carbocycles. The maximum atomic E-state index is 11.5. The third-order valence-corrected chi connectivity index (χ3v) is 3.30. The van der Waals surface area contributed by atoms with Crippen molar-refractivity contribution in [3.05, 3.63) is 21.7 Å². The first kappa shape index (κ1) is 11.3. The van der Waals surface area contributed by atoms with Crippen molar-refractivity contribution in [2.75, 3.05) is 7.11 Å². The summed E-state index contributed by atoms with van der Waals surface area (Å²) in [6, 6.07) is 0. The topological polar surface area (TPSA) is 55.0 Å². The van der Waals surface area contributed by atoms with E-state index in [4.69, 9.17) is 12.2 Å². The molecule has 1 aliphatic carbocycles. The highest BCUT2D eigenvalue weighted by molar-refractivity contribution is 7.71. The molecular formula is C11H14N2O2S. The number of carbonyl (C=O) groups is 1. The second-order valence-corrected chi connectivity index (χ2v) is 4.43. The molecule has 1 heterocycles. The Bertz CT molecular complexity index is 477. The van der Waals surface area contributed by atoms with Crippen molar-refractivity contribution in [2.24, 2.45) is 0 Å². The van der Waals surface area contributed by atoms with E-state index in [9.17, 15) is 4.79 Å². The summed E-state index contributed by atoms with van der Waals surface area (Å²) in [5, 5.41) is 0. The molecule has 1 fully saturated rings. The molecule has 0 saturated heterocycles. The van der Waals surface area contributed by atoms with Gasteiger partial charge in [-0.05, 0) is 19.8 Å². The summed E-state index contributed by atoms with van der Waals surface area (Å²) < 4.78 is 5.01. The Balaban J connectivity index is 2.42. The summed E-state index contributed by atoms with van der Waals surface area (Å²) in [5.74, 6) is 0.958. The molecule has 0 spiro atoms. The van der Waals surface area contributed by atoms with Gasteiger partial charge in [0.05, 0.1) is 7.11 Å². The van der Waals surface area contributed by atoms with Crippen LogP contribution >= 0.6 is 12.2 Å². The number of aromatic nitrogens is 2. The highest BCUT2D eigenvalue weighted by Gasteiger charge is 2.23. The molecule has 1 aromatic heterocycles. The van der Waals surface area contributed by atoms with E-state index in [2.05, 4.69) is 14.7 Å². The monoisotopic (exact) mass is 238 g/mol. The van der Waals surface area contributed by atoms with Crippen LogP contribution in [0.5, 0.6) is 0 Å². The second kappa shape index (κ2) is 4.33. The molecule has 0 radical (unpaired) electrons. The number of rotatable bonds is 2. The van der Waals surface area contributed by atoms with Gasteiger partial charge in [0.15, 0.2) is 0 Å². The van der Waals surface area contributed by atoms with Gasteiger partial charge in [0.1, 0.15) is 16.0 Å². The van der Waals surface area contributed by atoms with Gasteiger partial charge in [-0.25, -0.2) is 9.78 Å². The lowest BCUT2D eigenvalue weighted by Gasteiger charge is -2.24. The number of aryl methyl sites for hydroxylation is 1. The third kappa shape index (κ3) is 1.87. The molecule has 0 unspecified atom stereocenters. The average Bonchev–Trinajstić information content (AvgIpc) is 2.13. The van der Waals surface area contributed by atoms with Crippen molar-refractivity contribution in [1.82, 2.24) is 9.97 Å². The lowest BCUT2D eigenvalue weighted by Crippen LogP contribution is -2.16. The van der Waals surface area contributed by atoms with Gasteiger partial charge in [-0.2, -0.15) is 0 Å². The molecule has 1 N–H and O–H groups in total. The molecule has 5 heteroatoms. The van der Waals surface area contributed by atoms with Crippen LogP contribution in [0.15, 0.2) is 0 Å². The molecule has 0 atom stereocenters. The Labute approximate surface area is 99.1 Å². The van der Waals surface area contributed by atoms with Crippen molar-refractivity contribution in [1.29, 1.82) is 0 Å². The summed E-state index contributed by atoms with van der Waals surface area (Å²) in [5.41, 5.74) is 1.12. The largest absolute Gasteiger partial charge is 0.465 e. The first-order valence-electron chi connectivity index (χ1n) is 5.32. The summed E-state index contributed by atoms with van der Waals surface area (Å²) >= 11 is 5.13. The first-order valence-corrected chi connectivity index (χ1v) is 5.73. The zero-order valence-electron chi connectivity index (χ0n) is 9.37. The lowest BCUT2D eigenvalue weighted by molar-refractivity contribution is 0.0598. The number of esters is 1. The van der Waals surface area contributed by atoms with Crippen LogP contribution in [0.4, 0.5) is 0 Å².